The minimum Gasteiger partial charge on any atom is -0.383 e. The monoisotopic (exact) mass is 322 g/mol. The summed E-state index contributed by atoms with van der Waals surface area (Å²) in [6.07, 6.45) is 0.969. The van der Waals surface area contributed by atoms with Crippen molar-refractivity contribution in [3.63, 3.8) is 0 Å². The molecule has 130 valence electrons. The Morgan fingerprint density at radius 3 is 2.52 bits per heavy atom. The van der Waals surface area contributed by atoms with Gasteiger partial charge in [0.05, 0.1) is 6.61 Å². The molecule has 0 aliphatic rings. The summed E-state index contributed by atoms with van der Waals surface area (Å²) in [7, 11) is 3.48. The van der Waals surface area contributed by atoms with Crippen LogP contribution in [0.2, 0.25) is 0 Å². The van der Waals surface area contributed by atoms with Crippen LogP contribution in [0.5, 0.6) is 0 Å². The average Bonchev–Trinajstić information content (AvgIpc) is 2.59. The fourth-order valence-electron chi connectivity index (χ4n) is 1.97. The number of anilines is 1. The van der Waals surface area contributed by atoms with Gasteiger partial charge in [-0.15, -0.1) is 0 Å². The summed E-state index contributed by atoms with van der Waals surface area (Å²) in [6, 6.07) is 8.35. The second-order valence-corrected chi connectivity index (χ2v) is 5.02. The van der Waals surface area contributed by atoms with E-state index >= 15 is 0 Å². The van der Waals surface area contributed by atoms with Gasteiger partial charge < -0.3 is 25.4 Å². The molecule has 1 rings (SSSR count). The van der Waals surface area contributed by atoms with Gasteiger partial charge in [-0.2, -0.15) is 0 Å². The summed E-state index contributed by atoms with van der Waals surface area (Å²) in [6.45, 7) is 6.65. The molecule has 3 N–H and O–H groups in total. The Labute approximate surface area is 139 Å². The highest BCUT2D eigenvalue weighted by atomic mass is 16.5. The summed E-state index contributed by atoms with van der Waals surface area (Å²) in [5, 5.41) is 9.88. The van der Waals surface area contributed by atoms with Crippen molar-refractivity contribution in [2.24, 2.45) is 4.99 Å². The van der Waals surface area contributed by atoms with Gasteiger partial charge in [0, 0.05) is 52.7 Å². The van der Waals surface area contributed by atoms with E-state index in [-0.39, 0.29) is 0 Å². The zero-order valence-electron chi connectivity index (χ0n) is 14.5. The van der Waals surface area contributed by atoms with Crippen molar-refractivity contribution < 1.29 is 9.47 Å². The molecule has 0 fully saturated rings. The molecule has 0 atom stereocenters. The molecule has 0 saturated carbocycles. The van der Waals surface area contributed by atoms with E-state index in [2.05, 4.69) is 45.2 Å². The number of nitrogens with zero attached hydrogens (tertiary/aromatic N) is 1. The van der Waals surface area contributed by atoms with E-state index in [1.807, 2.05) is 6.92 Å². The van der Waals surface area contributed by atoms with Gasteiger partial charge in [0.25, 0.3) is 0 Å². The minimum atomic E-state index is 0.703. The molecule has 0 saturated heterocycles. The first-order valence-corrected chi connectivity index (χ1v) is 8.14. The summed E-state index contributed by atoms with van der Waals surface area (Å²) >= 11 is 0. The van der Waals surface area contributed by atoms with Crippen LogP contribution in [-0.4, -0.2) is 53.0 Å². The third-order valence-corrected chi connectivity index (χ3v) is 3.23. The zero-order valence-corrected chi connectivity index (χ0v) is 14.5. The van der Waals surface area contributed by atoms with E-state index in [0.29, 0.717) is 6.61 Å². The standard InChI is InChI=1S/C17H30N4O2/c1-4-23-12-5-10-20-17(18-2)21-14-15-6-8-16(9-7-15)19-11-13-22-3/h6-9,19H,4-5,10-14H2,1-3H3,(H2,18,20,21). The van der Waals surface area contributed by atoms with E-state index in [4.69, 9.17) is 9.47 Å². The van der Waals surface area contributed by atoms with Crippen LogP contribution in [0.3, 0.4) is 0 Å². The van der Waals surface area contributed by atoms with E-state index in [1.54, 1.807) is 14.2 Å². The summed E-state index contributed by atoms with van der Waals surface area (Å²) < 4.78 is 10.3. The lowest BCUT2D eigenvalue weighted by Gasteiger charge is -2.12. The molecule has 0 aromatic heterocycles. The van der Waals surface area contributed by atoms with Crippen molar-refractivity contribution >= 4 is 11.6 Å². The molecule has 0 aliphatic carbocycles. The van der Waals surface area contributed by atoms with Crippen LogP contribution in [0.1, 0.15) is 18.9 Å². The lowest BCUT2D eigenvalue weighted by Crippen LogP contribution is -2.37. The van der Waals surface area contributed by atoms with Crippen LogP contribution >= 0.6 is 0 Å². The Hall–Kier alpha value is -1.79. The first-order chi connectivity index (χ1) is 11.3. The molecule has 0 bridgehead atoms. The summed E-state index contributed by atoms with van der Waals surface area (Å²) in [5.74, 6) is 0.809. The highest BCUT2D eigenvalue weighted by molar-refractivity contribution is 5.79. The van der Waals surface area contributed by atoms with Crippen molar-refractivity contribution in [3.8, 4) is 0 Å². The second-order valence-electron chi connectivity index (χ2n) is 5.02. The first kappa shape index (κ1) is 19.3. The molecule has 1 aromatic carbocycles. The average molecular weight is 322 g/mol. The van der Waals surface area contributed by atoms with Crippen molar-refractivity contribution in [2.75, 3.05) is 52.4 Å². The number of benzene rings is 1. The van der Waals surface area contributed by atoms with E-state index < -0.39 is 0 Å². The number of hydrogen-bond donors (Lipinski definition) is 3. The molecule has 23 heavy (non-hydrogen) atoms. The fraction of sp³-hybridized carbons (Fsp3) is 0.588. The molecule has 0 heterocycles. The lowest BCUT2D eigenvalue weighted by atomic mass is 10.2. The number of hydrogen-bond acceptors (Lipinski definition) is 4. The van der Waals surface area contributed by atoms with Crippen LogP contribution in [0.15, 0.2) is 29.3 Å². The van der Waals surface area contributed by atoms with E-state index in [0.717, 1.165) is 50.9 Å². The molecule has 0 unspecified atom stereocenters. The quantitative estimate of drug-likeness (QED) is 0.329. The second kappa shape index (κ2) is 12.7. The van der Waals surface area contributed by atoms with Crippen LogP contribution < -0.4 is 16.0 Å². The van der Waals surface area contributed by atoms with Gasteiger partial charge in [0.1, 0.15) is 0 Å². The number of ether oxygens (including phenoxy) is 2. The van der Waals surface area contributed by atoms with Crippen molar-refractivity contribution in [3.05, 3.63) is 29.8 Å². The van der Waals surface area contributed by atoms with Crippen LogP contribution in [0.4, 0.5) is 5.69 Å². The molecule has 0 radical (unpaired) electrons. The van der Waals surface area contributed by atoms with Gasteiger partial charge in [0.2, 0.25) is 0 Å². The van der Waals surface area contributed by atoms with Crippen LogP contribution in [-0.2, 0) is 16.0 Å². The Bertz CT molecular complexity index is 435. The molecule has 0 aliphatic heterocycles. The summed E-state index contributed by atoms with van der Waals surface area (Å²) in [4.78, 5) is 4.22. The topological polar surface area (TPSA) is 66.9 Å². The van der Waals surface area contributed by atoms with Gasteiger partial charge >= 0.3 is 0 Å². The molecule has 6 nitrogen and oxygen atoms in total. The molecular formula is C17H30N4O2. The van der Waals surface area contributed by atoms with E-state index in [1.165, 1.54) is 5.56 Å². The third-order valence-electron chi connectivity index (χ3n) is 3.23. The maximum Gasteiger partial charge on any atom is 0.191 e. The number of nitrogens with one attached hydrogen (secondary N) is 3. The minimum absolute atomic E-state index is 0.703. The Morgan fingerprint density at radius 1 is 1.09 bits per heavy atom. The molecule has 0 spiro atoms. The van der Waals surface area contributed by atoms with Gasteiger partial charge in [-0.05, 0) is 31.0 Å². The lowest BCUT2D eigenvalue weighted by molar-refractivity contribution is 0.145. The summed E-state index contributed by atoms with van der Waals surface area (Å²) in [5.41, 5.74) is 2.31. The smallest absolute Gasteiger partial charge is 0.191 e. The van der Waals surface area contributed by atoms with Gasteiger partial charge in [-0.3, -0.25) is 4.99 Å². The fourth-order valence-corrected chi connectivity index (χ4v) is 1.97. The normalized spacial score (nSPS) is 11.3. The predicted molar refractivity (Wildman–Crippen MR) is 96.1 cm³/mol. The molecular weight excluding hydrogens is 292 g/mol. The number of rotatable bonds is 11. The SMILES string of the molecule is CCOCCCNC(=NC)NCc1ccc(NCCOC)cc1. The predicted octanol–water partition coefficient (Wildman–Crippen LogP) is 1.84. The van der Waals surface area contributed by atoms with Crippen molar-refractivity contribution in [1.29, 1.82) is 0 Å². The molecule has 0 amide bonds. The van der Waals surface area contributed by atoms with Crippen molar-refractivity contribution in [2.45, 2.75) is 19.9 Å². The number of guanidine groups is 1. The first-order valence-electron chi connectivity index (χ1n) is 8.14. The highest BCUT2D eigenvalue weighted by Gasteiger charge is 1.99. The Balaban J connectivity index is 2.26. The number of methoxy groups -OCH3 is 1. The highest BCUT2D eigenvalue weighted by Crippen LogP contribution is 2.08. The van der Waals surface area contributed by atoms with Crippen LogP contribution in [0, 0.1) is 0 Å². The number of aliphatic imine (C=N–C) groups is 1. The maximum absolute atomic E-state index is 5.31. The van der Waals surface area contributed by atoms with Gasteiger partial charge in [-0.1, -0.05) is 12.1 Å². The van der Waals surface area contributed by atoms with E-state index in [9.17, 15) is 0 Å². The van der Waals surface area contributed by atoms with Crippen molar-refractivity contribution in [1.82, 2.24) is 10.6 Å². The maximum atomic E-state index is 5.31. The largest absolute Gasteiger partial charge is 0.383 e. The molecule has 6 heteroatoms. The third kappa shape index (κ3) is 9.05. The Kier molecular flexibility index (Phi) is 10.7. The molecule has 1 aromatic rings. The zero-order chi connectivity index (χ0) is 16.8. The van der Waals surface area contributed by atoms with Gasteiger partial charge in [-0.25, -0.2) is 0 Å². The van der Waals surface area contributed by atoms with Crippen LogP contribution in [0.25, 0.3) is 0 Å². The van der Waals surface area contributed by atoms with Gasteiger partial charge in [0.15, 0.2) is 5.96 Å². The Morgan fingerprint density at radius 2 is 1.87 bits per heavy atom.